The molecule has 9 nitrogen and oxygen atoms in total. The molecule has 0 spiro atoms. The molecular weight excluding hydrogens is 392 g/mol. The van der Waals surface area contributed by atoms with E-state index in [-0.39, 0.29) is 12.8 Å². The van der Waals surface area contributed by atoms with Crippen molar-refractivity contribution >= 4 is 23.9 Å². The third-order valence-corrected chi connectivity index (χ3v) is 3.19. The van der Waals surface area contributed by atoms with Gasteiger partial charge in [0.15, 0.2) is 0 Å². The molecule has 0 aliphatic carbocycles. The summed E-state index contributed by atoms with van der Waals surface area (Å²) in [5.74, 6) is -1.78. The van der Waals surface area contributed by atoms with Gasteiger partial charge in [0.2, 0.25) is 5.91 Å². The predicted molar refractivity (Wildman–Crippen MR) is 112 cm³/mol. The van der Waals surface area contributed by atoms with Crippen LogP contribution in [0.25, 0.3) is 0 Å². The first-order valence-electron chi connectivity index (χ1n) is 10.0. The number of amides is 2. The molecule has 2 atom stereocenters. The van der Waals surface area contributed by atoms with Gasteiger partial charge in [-0.15, -0.1) is 0 Å². The second kappa shape index (κ2) is 10.6. The van der Waals surface area contributed by atoms with Gasteiger partial charge in [-0.3, -0.25) is 9.59 Å². The van der Waals surface area contributed by atoms with Crippen molar-refractivity contribution in [3.63, 3.8) is 0 Å². The summed E-state index contributed by atoms with van der Waals surface area (Å²) in [5, 5.41) is 4.94. The Hall–Kier alpha value is -2.32. The number of ether oxygens (including phenoxy) is 3. The van der Waals surface area contributed by atoms with E-state index in [1.807, 2.05) is 0 Å². The van der Waals surface area contributed by atoms with E-state index in [2.05, 4.69) is 10.6 Å². The summed E-state index contributed by atoms with van der Waals surface area (Å²) in [7, 11) is 0. The van der Waals surface area contributed by atoms with Gasteiger partial charge in [-0.25, -0.2) is 9.59 Å². The van der Waals surface area contributed by atoms with Crippen LogP contribution in [0.15, 0.2) is 0 Å². The zero-order chi connectivity index (χ0) is 23.9. The zero-order valence-corrected chi connectivity index (χ0v) is 19.9. The Labute approximate surface area is 179 Å². The highest BCUT2D eigenvalue weighted by molar-refractivity contribution is 5.89. The summed E-state index contributed by atoms with van der Waals surface area (Å²) in [6.45, 7) is 16.9. The standard InChI is InChI=1S/C21H38N2O7/c1-13(22-18(27)30-21(8,9)10)16(25)23-14(17(26)29-20(5,6)7)11-12-15(24)28-19(2,3)4/h13-14H,11-12H2,1-10H3,(H,22,27)(H,23,25)/t13-,14-/m0/s1. The van der Waals surface area contributed by atoms with Crippen LogP contribution < -0.4 is 10.6 Å². The summed E-state index contributed by atoms with van der Waals surface area (Å²) < 4.78 is 15.7. The maximum atomic E-state index is 12.5. The van der Waals surface area contributed by atoms with Crippen molar-refractivity contribution < 1.29 is 33.4 Å². The van der Waals surface area contributed by atoms with Gasteiger partial charge in [-0.2, -0.15) is 0 Å². The number of nitrogens with one attached hydrogen (secondary N) is 2. The summed E-state index contributed by atoms with van der Waals surface area (Å²) in [6.07, 6.45) is -0.850. The molecule has 2 N–H and O–H groups in total. The van der Waals surface area contributed by atoms with E-state index in [1.165, 1.54) is 6.92 Å². The topological polar surface area (TPSA) is 120 Å². The van der Waals surface area contributed by atoms with Gasteiger partial charge in [0.05, 0.1) is 0 Å². The molecule has 0 aromatic carbocycles. The molecule has 0 unspecified atom stereocenters. The number of carbonyl (C=O) groups is 4. The van der Waals surface area contributed by atoms with Crippen molar-refractivity contribution in [3.05, 3.63) is 0 Å². The van der Waals surface area contributed by atoms with E-state index in [0.29, 0.717) is 0 Å². The first-order chi connectivity index (χ1) is 13.3. The SMILES string of the molecule is C[C@H](NC(=O)OC(C)(C)C)C(=O)N[C@@H](CCC(=O)OC(C)(C)C)C(=O)OC(C)(C)C. The largest absolute Gasteiger partial charge is 0.460 e. The molecule has 0 fully saturated rings. The molecule has 0 aliphatic heterocycles. The Kier molecular flexibility index (Phi) is 9.81. The van der Waals surface area contributed by atoms with Gasteiger partial charge in [0, 0.05) is 6.42 Å². The van der Waals surface area contributed by atoms with E-state index >= 15 is 0 Å². The maximum Gasteiger partial charge on any atom is 0.408 e. The van der Waals surface area contributed by atoms with E-state index in [1.54, 1.807) is 62.3 Å². The van der Waals surface area contributed by atoms with Crippen molar-refractivity contribution in [1.29, 1.82) is 0 Å². The molecule has 0 saturated heterocycles. The van der Waals surface area contributed by atoms with Gasteiger partial charge in [-0.1, -0.05) is 0 Å². The fourth-order valence-electron chi connectivity index (χ4n) is 2.12. The highest BCUT2D eigenvalue weighted by Gasteiger charge is 2.30. The summed E-state index contributed by atoms with van der Waals surface area (Å²) in [5.41, 5.74) is -2.15. The molecule has 9 heteroatoms. The molecule has 0 saturated carbocycles. The number of rotatable bonds is 7. The van der Waals surface area contributed by atoms with Crippen molar-refractivity contribution in [2.24, 2.45) is 0 Å². The average molecular weight is 431 g/mol. The van der Waals surface area contributed by atoms with Crippen LogP contribution in [0.3, 0.4) is 0 Å². The maximum absolute atomic E-state index is 12.5. The quantitative estimate of drug-likeness (QED) is 0.471. The molecule has 0 aliphatic rings. The van der Waals surface area contributed by atoms with Crippen LogP contribution in [0.5, 0.6) is 0 Å². The fourth-order valence-corrected chi connectivity index (χ4v) is 2.12. The predicted octanol–water partition coefficient (Wildman–Crippen LogP) is 2.85. The number of alkyl carbamates (subject to hydrolysis) is 1. The molecule has 174 valence electrons. The first-order valence-corrected chi connectivity index (χ1v) is 10.0. The highest BCUT2D eigenvalue weighted by atomic mass is 16.6. The minimum atomic E-state index is -1.08. The van der Waals surface area contributed by atoms with Crippen LogP contribution in [-0.4, -0.2) is 52.8 Å². The molecule has 30 heavy (non-hydrogen) atoms. The van der Waals surface area contributed by atoms with Crippen LogP contribution in [0.1, 0.15) is 82.1 Å². The van der Waals surface area contributed by atoms with Crippen LogP contribution >= 0.6 is 0 Å². The third kappa shape index (κ3) is 13.8. The molecule has 2 amide bonds. The second-order valence-electron chi connectivity index (χ2n) is 10.1. The number of hydrogen-bond acceptors (Lipinski definition) is 7. The van der Waals surface area contributed by atoms with Crippen LogP contribution in [0.2, 0.25) is 0 Å². The lowest BCUT2D eigenvalue weighted by Crippen LogP contribution is -2.52. The lowest BCUT2D eigenvalue weighted by molar-refractivity contribution is -0.160. The van der Waals surface area contributed by atoms with Gasteiger partial charge in [0.1, 0.15) is 28.9 Å². The molecule has 0 aromatic rings. The average Bonchev–Trinajstić information content (AvgIpc) is 2.45. The fraction of sp³-hybridized carbons (Fsp3) is 0.810. The minimum absolute atomic E-state index is 0.00523. The number of esters is 2. The Balaban J connectivity index is 5.09. The molecule has 0 bridgehead atoms. The zero-order valence-electron chi connectivity index (χ0n) is 19.9. The van der Waals surface area contributed by atoms with Gasteiger partial charge in [-0.05, 0) is 75.7 Å². The van der Waals surface area contributed by atoms with Crippen molar-refractivity contribution in [2.75, 3.05) is 0 Å². The van der Waals surface area contributed by atoms with E-state index < -0.39 is 52.8 Å². The summed E-state index contributed by atoms with van der Waals surface area (Å²) in [6, 6.07) is -2.04. The Morgan fingerprint density at radius 2 is 1.20 bits per heavy atom. The smallest absolute Gasteiger partial charge is 0.408 e. The minimum Gasteiger partial charge on any atom is -0.460 e. The van der Waals surface area contributed by atoms with Gasteiger partial charge in [0.25, 0.3) is 0 Å². The van der Waals surface area contributed by atoms with Gasteiger partial charge < -0.3 is 24.8 Å². The van der Waals surface area contributed by atoms with Crippen molar-refractivity contribution in [1.82, 2.24) is 10.6 Å². The van der Waals surface area contributed by atoms with E-state index in [4.69, 9.17) is 14.2 Å². The molecule has 0 radical (unpaired) electrons. The second-order valence-corrected chi connectivity index (χ2v) is 10.1. The Bertz CT molecular complexity index is 625. The van der Waals surface area contributed by atoms with E-state index in [9.17, 15) is 19.2 Å². The van der Waals surface area contributed by atoms with Crippen molar-refractivity contribution in [2.45, 2.75) is 111 Å². The monoisotopic (exact) mass is 430 g/mol. The molecule has 0 heterocycles. The van der Waals surface area contributed by atoms with E-state index in [0.717, 1.165) is 0 Å². The Morgan fingerprint density at radius 1 is 0.733 bits per heavy atom. The third-order valence-electron chi connectivity index (χ3n) is 3.19. The van der Waals surface area contributed by atoms with Crippen LogP contribution in [0, 0.1) is 0 Å². The molecule has 0 rings (SSSR count). The molecular formula is C21H38N2O7. The molecule has 0 aromatic heterocycles. The normalized spacial score (nSPS) is 14.2. The Morgan fingerprint density at radius 3 is 1.63 bits per heavy atom. The lowest BCUT2D eigenvalue weighted by Gasteiger charge is -2.26. The highest BCUT2D eigenvalue weighted by Crippen LogP contribution is 2.14. The number of hydrogen-bond donors (Lipinski definition) is 2. The summed E-state index contributed by atoms with van der Waals surface area (Å²) in [4.78, 5) is 48.9. The lowest BCUT2D eigenvalue weighted by atomic mass is 10.1. The summed E-state index contributed by atoms with van der Waals surface area (Å²) >= 11 is 0. The first kappa shape index (κ1) is 27.7. The van der Waals surface area contributed by atoms with Crippen molar-refractivity contribution in [3.8, 4) is 0 Å². The van der Waals surface area contributed by atoms with Crippen LogP contribution in [-0.2, 0) is 28.6 Å². The number of carbonyl (C=O) groups excluding carboxylic acids is 4. The van der Waals surface area contributed by atoms with Gasteiger partial charge >= 0.3 is 18.0 Å². The van der Waals surface area contributed by atoms with Crippen LogP contribution in [0.4, 0.5) is 4.79 Å².